The molecule has 0 unspecified atom stereocenters. The lowest BCUT2D eigenvalue weighted by Crippen LogP contribution is -2.40. The molecule has 2 amide bonds. The van der Waals surface area contributed by atoms with Crippen molar-refractivity contribution in [1.29, 1.82) is 0 Å². The molecule has 0 aliphatic carbocycles. The van der Waals surface area contributed by atoms with Crippen LogP contribution >= 0.6 is 0 Å². The van der Waals surface area contributed by atoms with E-state index in [4.69, 9.17) is 4.74 Å². The number of likely N-dealkylation sites (N-methyl/N-ethyl adjacent to an activating group) is 1. The normalized spacial score (nSPS) is 10.0. The van der Waals surface area contributed by atoms with Crippen molar-refractivity contribution in [3.8, 4) is 0 Å². The van der Waals surface area contributed by atoms with Crippen LogP contribution in [0.25, 0.3) is 0 Å². The summed E-state index contributed by atoms with van der Waals surface area (Å²) in [6, 6.07) is 18.4. The maximum Gasteiger partial charge on any atom is 0.415 e. The Labute approximate surface area is 136 Å². The van der Waals surface area contributed by atoms with Crippen molar-refractivity contribution in [3.63, 3.8) is 0 Å². The summed E-state index contributed by atoms with van der Waals surface area (Å²) in [5.74, 6) is -0.175. The third-order valence-electron chi connectivity index (χ3n) is 3.29. The maximum absolute atomic E-state index is 12.4. The standard InChI is InChI=1S/C18H20N2O3/c1-19(2)17(21)13-20(16-11-7-4-8-12-16)18(22)23-14-15-9-5-3-6-10-15/h3-12H,13-14H2,1-2H3. The highest BCUT2D eigenvalue weighted by atomic mass is 16.6. The second kappa shape index (κ2) is 7.98. The molecule has 0 fully saturated rings. The summed E-state index contributed by atoms with van der Waals surface area (Å²) >= 11 is 0. The van der Waals surface area contributed by atoms with E-state index in [1.807, 2.05) is 48.5 Å². The number of hydrogen-bond acceptors (Lipinski definition) is 3. The molecule has 2 aromatic carbocycles. The number of para-hydroxylation sites is 1. The Hall–Kier alpha value is -2.82. The smallest absolute Gasteiger partial charge is 0.415 e. The molecule has 0 bridgehead atoms. The molecule has 5 nitrogen and oxygen atoms in total. The van der Waals surface area contributed by atoms with E-state index in [-0.39, 0.29) is 19.1 Å². The fourth-order valence-corrected chi connectivity index (χ4v) is 1.94. The van der Waals surface area contributed by atoms with Gasteiger partial charge in [-0.25, -0.2) is 4.79 Å². The highest BCUT2D eigenvalue weighted by molar-refractivity contribution is 5.94. The second-order valence-electron chi connectivity index (χ2n) is 5.25. The molecule has 0 aliphatic heterocycles. The third-order valence-corrected chi connectivity index (χ3v) is 3.29. The SMILES string of the molecule is CN(C)C(=O)CN(C(=O)OCc1ccccc1)c1ccccc1. The predicted octanol–water partition coefficient (Wildman–Crippen LogP) is 2.92. The zero-order chi connectivity index (χ0) is 16.7. The first-order valence-electron chi connectivity index (χ1n) is 7.31. The van der Waals surface area contributed by atoms with Gasteiger partial charge in [0, 0.05) is 19.8 Å². The van der Waals surface area contributed by atoms with Gasteiger partial charge in [-0.15, -0.1) is 0 Å². The lowest BCUT2D eigenvalue weighted by atomic mass is 10.2. The number of benzene rings is 2. The summed E-state index contributed by atoms with van der Waals surface area (Å²) in [4.78, 5) is 27.2. The minimum absolute atomic E-state index is 0.0648. The van der Waals surface area contributed by atoms with Gasteiger partial charge in [-0.1, -0.05) is 48.5 Å². The molecule has 2 rings (SSSR count). The number of carbonyl (C=O) groups excluding carboxylic acids is 2. The van der Waals surface area contributed by atoms with Crippen molar-refractivity contribution in [2.75, 3.05) is 25.5 Å². The average molecular weight is 312 g/mol. The minimum atomic E-state index is -0.546. The van der Waals surface area contributed by atoms with Crippen LogP contribution in [0.2, 0.25) is 0 Å². The van der Waals surface area contributed by atoms with Gasteiger partial charge >= 0.3 is 6.09 Å². The Morgan fingerprint density at radius 2 is 1.48 bits per heavy atom. The number of carbonyl (C=O) groups is 2. The number of anilines is 1. The number of ether oxygens (including phenoxy) is 1. The Morgan fingerprint density at radius 3 is 2.04 bits per heavy atom. The van der Waals surface area contributed by atoms with E-state index >= 15 is 0 Å². The van der Waals surface area contributed by atoms with E-state index in [9.17, 15) is 9.59 Å². The molecule has 0 N–H and O–H groups in total. The first-order chi connectivity index (χ1) is 11.1. The highest BCUT2D eigenvalue weighted by Crippen LogP contribution is 2.15. The topological polar surface area (TPSA) is 49.9 Å². The van der Waals surface area contributed by atoms with E-state index in [2.05, 4.69) is 0 Å². The van der Waals surface area contributed by atoms with Crippen LogP contribution in [0.1, 0.15) is 5.56 Å². The van der Waals surface area contributed by atoms with Gasteiger partial charge in [-0.2, -0.15) is 0 Å². The van der Waals surface area contributed by atoms with Crippen LogP contribution in [-0.4, -0.2) is 37.5 Å². The van der Waals surface area contributed by atoms with Gasteiger partial charge in [0.05, 0.1) is 0 Å². The number of nitrogens with zero attached hydrogens (tertiary/aromatic N) is 2. The molecule has 2 aromatic rings. The lowest BCUT2D eigenvalue weighted by Gasteiger charge is -2.23. The zero-order valence-corrected chi connectivity index (χ0v) is 13.3. The van der Waals surface area contributed by atoms with Gasteiger partial charge < -0.3 is 9.64 Å². The molecule has 0 atom stereocenters. The fourth-order valence-electron chi connectivity index (χ4n) is 1.94. The first-order valence-corrected chi connectivity index (χ1v) is 7.31. The number of rotatable bonds is 5. The van der Waals surface area contributed by atoms with Crippen LogP contribution in [0.5, 0.6) is 0 Å². The molecule has 23 heavy (non-hydrogen) atoms. The highest BCUT2D eigenvalue weighted by Gasteiger charge is 2.21. The van der Waals surface area contributed by atoms with Crippen molar-refractivity contribution >= 4 is 17.7 Å². The van der Waals surface area contributed by atoms with Gasteiger partial charge in [-0.05, 0) is 17.7 Å². The molecule has 0 radical (unpaired) electrons. The van der Waals surface area contributed by atoms with Crippen LogP contribution < -0.4 is 4.90 Å². The summed E-state index contributed by atoms with van der Waals surface area (Å²) in [6.07, 6.45) is -0.546. The molecule has 0 saturated heterocycles. The maximum atomic E-state index is 12.4. The molecule has 0 aliphatic rings. The summed E-state index contributed by atoms with van der Waals surface area (Å²) < 4.78 is 5.34. The Bertz CT molecular complexity index is 642. The van der Waals surface area contributed by atoms with Crippen molar-refractivity contribution in [3.05, 3.63) is 66.2 Å². The predicted molar refractivity (Wildman–Crippen MR) is 89.1 cm³/mol. The van der Waals surface area contributed by atoms with Gasteiger partial charge in [0.25, 0.3) is 0 Å². The summed E-state index contributed by atoms with van der Waals surface area (Å²) in [6.45, 7) is 0.101. The van der Waals surface area contributed by atoms with Gasteiger partial charge in [0.1, 0.15) is 13.2 Å². The van der Waals surface area contributed by atoms with Crippen LogP contribution in [0.3, 0.4) is 0 Å². The largest absolute Gasteiger partial charge is 0.444 e. The monoisotopic (exact) mass is 312 g/mol. The molecule has 120 valence electrons. The van der Waals surface area contributed by atoms with Gasteiger partial charge in [0.2, 0.25) is 5.91 Å². The van der Waals surface area contributed by atoms with E-state index in [1.54, 1.807) is 26.2 Å². The molecule has 0 aromatic heterocycles. The summed E-state index contributed by atoms with van der Waals surface area (Å²) in [7, 11) is 3.31. The number of amides is 2. The first kappa shape index (κ1) is 16.5. The molecule has 5 heteroatoms. The van der Waals surface area contributed by atoms with Crippen LogP contribution in [0.4, 0.5) is 10.5 Å². The molecular formula is C18H20N2O3. The Kier molecular flexibility index (Phi) is 5.74. The van der Waals surface area contributed by atoms with Crippen LogP contribution in [0.15, 0.2) is 60.7 Å². The minimum Gasteiger partial charge on any atom is -0.444 e. The van der Waals surface area contributed by atoms with Crippen molar-refractivity contribution < 1.29 is 14.3 Å². The zero-order valence-electron chi connectivity index (χ0n) is 13.3. The number of hydrogen-bond donors (Lipinski definition) is 0. The summed E-state index contributed by atoms with van der Waals surface area (Å²) in [5.41, 5.74) is 1.52. The second-order valence-corrected chi connectivity index (χ2v) is 5.25. The van der Waals surface area contributed by atoms with Crippen molar-refractivity contribution in [2.45, 2.75) is 6.61 Å². The van der Waals surface area contributed by atoms with E-state index in [0.717, 1.165) is 5.56 Å². The average Bonchev–Trinajstić information content (AvgIpc) is 2.59. The van der Waals surface area contributed by atoms with Gasteiger partial charge in [-0.3, -0.25) is 9.69 Å². The van der Waals surface area contributed by atoms with E-state index < -0.39 is 6.09 Å². The van der Waals surface area contributed by atoms with Crippen molar-refractivity contribution in [2.24, 2.45) is 0 Å². The van der Waals surface area contributed by atoms with Crippen LogP contribution in [0, 0.1) is 0 Å². The summed E-state index contributed by atoms with van der Waals surface area (Å²) in [5, 5.41) is 0. The molecule has 0 heterocycles. The molecular weight excluding hydrogens is 292 g/mol. The quantitative estimate of drug-likeness (QED) is 0.853. The third kappa shape index (κ3) is 4.85. The fraction of sp³-hybridized carbons (Fsp3) is 0.222. The van der Waals surface area contributed by atoms with E-state index in [0.29, 0.717) is 5.69 Å². The Balaban J connectivity index is 2.09. The Morgan fingerprint density at radius 1 is 0.913 bits per heavy atom. The molecule has 0 saturated carbocycles. The van der Waals surface area contributed by atoms with Gasteiger partial charge in [0.15, 0.2) is 0 Å². The molecule has 0 spiro atoms. The lowest BCUT2D eigenvalue weighted by molar-refractivity contribution is -0.127. The van der Waals surface area contributed by atoms with Crippen LogP contribution in [-0.2, 0) is 16.1 Å². The van der Waals surface area contributed by atoms with Crippen molar-refractivity contribution in [1.82, 2.24) is 4.90 Å². The van der Waals surface area contributed by atoms with E-state index in [1.165, 1.54) is 9.80 Å².